The van der Waals surface area contributed by atoms with E-state index in [0.717, 1.165) is 5.56 Å². The molecule has 0 saturated heterocycles. The molecule has 2 nitrogen and oxygen atoms in total. The van der Waals surface area contributed by atoms with Gasteiger partial charge in [-0.25, -0.2) is 5.53 Å². The van der Waals surface area contributed by atoms with Crippen molar-refractivity contribution in [1.29, 1.82) is 5.53 Å². The van der Waals surface area contributed by atoms with Crippen molar-refractivity contribution < 1.29 is 0 Å². The Morgan fingerprint density at radius 1 is 1.30 bits per heavy atom. The van der Waals surface area contributed by atoms with Crippen LogP contribution in [0.5, 0.6) is 0 Å². The first-order valence-electron chi connectivity index (χ1n) is 2.96. The Morgan fingerprint density at radius 3 is 2.40 bits per heavy atom. The zero-order chi connectivity index (χ0) is 7.40. The molecule has 0 amide bonds. The third-order valence-corrected chi connectivity index (χ3v) is 1.24. The van der Waals surface area contributed by atoms with Crippen LogP contribution in [-0.2, 0) is 0 Å². The standard InChI is InChI=1S/C8H8N2/c1-7(10-9)8-5-3-2-4-6-8/h2-6,9H,1H2. The molecule has 0 atom stereocenters. The van der Waals surface area contributed by atoms with Gasteiger partial charge in [-0.3, -0.25) is 0 Å². The second kappa shape index (κ2) is 2.92. The quantitative estimate of drug-likeness (QED) is 0.600. The third kappa shape index (κ3) is 1.29. The molecule has 1 rings (SSSR count). The maximum absolute atomic E-state index is 6.67. The summed E-state index contributed by atoms with van der Waals surface area (Å²) in [5, 5.41) is 3.21. The summed E-state index contributed by atoms with van der Waals surface area (Å²) >= 11 is 0. The van der Waals surface area contributed by atoms with Gasteiger partial charge in [-0.15, -0.1) is 0 Å². The lowest BCUT2D eigenvalue weighted by atomic mass is 10.2. The summed E-state index contributed by atoms with van der Waals surface area (Å²) in [6.07, 6.45) is 0. The highest BCUT2D eigenvalue weighted by molar-refractivity contribution is 5.60. The van der Waals surface area contributed by atoms with Gasteiger partial charge in [0.1, 0.15) is 0 Å². The van der Waals surface area contributed by atoms with Gasteiger partial charge in [-0.05, 0) is 0 Å². The van der Waals surface area contributed by atoms with Crippen LogP contribution in [0.3, 0.4) is 0 Å². The normalized spacial score (nSPS) is 8.80. The Kier molecular flexibility index (Phi) is 1.95. The average molecular weight is 132 g/mol. The van der Waals surface area contributed by atoms with E-state index in [1.807, 2.05) is 30.3 Å². The van der Waals surface area contributed by atoms with E-state index in [2.05, 4.69) is 11.7 Å². The molecule has 50 valence electrons. The van der Waals surface area contributed by atoms with Crippen LogP contribution in [0, 0.1) is 5.53 Å². The van der Waals surface area contributed by atoms with Crippen molar-refractivity contribution in [3.8, 4) is 0 Å². The monoisotopic (exact) mass is 132 g/mol. The highest BCUT2D eigenvalue weighted by Crippen LogP contribution is 2.11. The topological polar surface area (TPSA) is 36.2 Å². The predicted octanol–water partition coefficient (Wildman–Crippen LogP) is 2.69. The first-order chi connectivity index (χ1) is 4.84. The van der Waals surface area contributed by atoms with E-state index in [0.29, 0.717) is 5.70 Å². The molecule has 10 heavy (non-hydrogen) atoms. The molecule has 0 aliphatic carbocycles. The van der Waals surface area contributed by atoms with Gasteiger partial charge in [-0.2, -0.15) is 5.11 Å². The van der Waals surface area contributed by atoms with Crippen LogP contribution >= 0.6 is 0 Å². The van der Waals surface area contributed by atoms with E-state index in [9.17, 15) is 0 Å². The van der Waals surface area contributed by atoms with E-state index < -0.39 is 0 Å². The maximum atomic E-state index is 6.67. The molecule has 0 aromatic heterocycles. The summed E-state index contributed by atoms with van der Waals surface area (Å²) in [7, 11) is 0. The van der Waals surface area contributed by atoms with E-state index >= 15 is 0 Å². The summed E-state index contributed by atoms with van der Waals surface area (Å²) in [6.45, 7) is 3.59. The highest BCUT2D eigenvalue weighted by Gasteiger charge is 1.91. The van der Waals surface area contributed by atoms with E-state index in [1.54, 1.807) is 0 Å². The third-order valence-electron chi connectivity index (χ3n) is 1.24. The van der Waals surface area contributed by atoms with Crippen LogP contribution in [0.4, 0.5) is 0 Å². The summed E-state index contributed by atoms with van der Waals surface area (Å²) < 4.78 is 0. The minimum absolute atomic E-state index is 0.501. The van der Waals surface area contributed by atoms with Crippen molar-refractivity contribution in [3.05, 3.63) is 42.5 Å². The highest BCUT2D eigenvalue weighted by atomic mass is 15.0. The number of nitrogens with one attached hydrogen (secondary N) is 1. The first-order valence-corrected chi connectivity index (χ1v) is 2.96. The van der Waals surface area contributed by atoms with Gasteiger partial charge in [0.25, 0.3) is 0 Å². The number of benzene rings is 1. The fourth-order valence-corrected chi connectivity index (χ4v) is 0.695. The fraction of sp³-hybridized carbons (Fsp3) is 0. The molecule has 0 aliphatic rings. The van der Waals surface area contributed by atoms with Crippen molar-refractivity contribution in [1.82, 2.24) is 0 Å². The van der Waals surface area contributed by atoms with E-state index in [-0.39, 0.29) is 0 Å². The molecule has 1 N–H and O–H groups in total. The molecular formula is C8H8N2. The molecule has 0 saturated carbocycles. The SMILES string of the molecule is C=C(N=N)c1ccccc1. The number of hydrogen-bond donors (Lipinski definition) is 1. The lowest BCUT2D eigenvalue weighted by Gasteiger charge is -1.94. The lowest BCUT2D eigenvalue weighted by Crippen LogP contribution is -1.74. The number of hydrogen-bond acceptors (Lipinski definition) is 2. The van der Waals surface area contributed by atoms with Crippen LogP contribution in [0.2, 0.25) is 0 Å². The minimum Gasteiger partial charge on any atom is -0.204 e. The van der Waals surface area contributed by atoms with Gasteiger partial charge >= 0.3 is 0 Å². The molecule has 0 heterocycles. The molecule has 0 unspecified atom stereocenters. The largest absolute Gasteiger partial charge is 0.204 e. The zero-order valence-electron chi connectivity index (χ0n) is 5.54. The molecule has 1 aromatic rings. The Morgan fingerprint density at radius 2 is 1.90 bits per heavy atom. The smallest absolute Gasteiger partial charge is 0.0850 e. The second-order valence-electron chi connectivity index (χ2n) is 1.92. The van der Waals surface area contributed by atoms with Crippen molar-refractivity contribution >= 4 is 5.70 Å². The lowest BCUT2D eigenvalue weighted by molar-refractivity contribution is 1.16. The van der Waals surface area contributed by atoms with Gasteiger partial charge in [0.05, 0.1) is 5.70 Å². The van der Waals surface area contributed by atoms with Crippen molar-refractivity contribution in [2.75, 3.05) is 0 Å². The van der Waals surface area contributed by atoms with Crippen molar-refractivity contribution in [2.24, 2.45) is 5.11 Å². The molecule has 2 heteroatoms. The molecule has 0 spiro atoms. The Hall–Kier alpha value is -1.44. The van der Waals surface area contributed by atoms with Crippen molar-refractivity contribution in [2.45, 2.75) is 0 Å². The molecule has 0 aliphatic heterocycles. The van der Waals surface area contributed by atoms with E-state index in [1.165, 1.54) is 0 Å². The fourth-order valence-electron chi connectivity index (χ4n) is 0.695. The summed E-state index contributed by atoms with van der Waals surface area (Å²) in [4.78, 5) is 0. The van der Waals surface area contributed by atoms with Gasteiger partial charge in [0, 0.05) is 5.56 Å². The second-order valence-corrected chi connectivity index (χ2v) is 1.92. The Balaban J connectivity index is 2.95. The van der Waals surface area contributed by atoms with Gasteiger partial charge in [0.2, 0.25) is 0 Å². The minimum atomic E-state index is 0.501. The van der Waals surface area contributed by atoms with Crippen LogP contribution in [0.1, 0.15) is 5.56 Å². The Labute approximate surface area is 59.7 Å². The van der Waals surface area contributed by atoms with Gasteiger partial charge < -0.3 is 0 Å². The van der Waals surface area contributed by atoms with Crippen LogP contribution < -0.4 is 0 Å². The maximum Gasteiger partial charge on any atom is 0.0850 e. The average Bonchev–Trinajstić information content (AvgIpc) is 2.05. The van der Waals surface area contributed by atoms with Crippen LogP contribution in [-0.4, -0.2) is 0 Å². The zero-order valence-corrected chi connectivity index (χ0v) is 5.54. The van der Waals surface area contributed by atoms with Gasteiger partial charge in [-0.1, -0.05) is 36.9 Å². The van der Waals surface area contributed by atoms with Crippen LogP contribution in [0.25, 0.3) is 5.70 Å². The summed E-state index contributed by atoms with van der Waals surface area (Å²) in [5.74, 6) is 0. The molecule has 0 radical (unpaired) electrons. The molecule has 0 bridgehead atoms. The summed E-state index contributed by atoms with van der Waals surface area (Å²) in [5.41, 5.74) is 8.07. The molecule has 1 aromatic carbocycles. The Bertz CT molecular complexity index is 239. The molecule has 0 fully saturated rings. The van der Waals surface area contributed by atoms with Crippen molar-refractivity contribution in [3.63, 3.8) is 0 Å². The first kappa shape index (κ1) is 6.68. The number of rotatable bonds is 2. The van der Waals surface area contributed by atoms with Gasteiger partial charge in [0.15, 0.2) is 0 Å². The summed E-state index contributed by atoms with van der Waals surface area (Å²) in [6, 6.07) is 9.46. The predicted molar refractivity (Wildman–Crippen MR) is 40.6 cm³/mol. The van der Waals surface area contributed by atoms with E-state index in [4.69, 9.17) is 5.53 Å². The number of nitrogens with zero attached hydrogens (tertiary/aromatic N) is 1. The van der Waals surface area contributed by atoms with Crippen LogP contribution in [0.15, 0.2) is 42.0 Å². The molecular weight excluding hydrogens is 124 g/mol.